The number of carbonyl (C=O) groups is 1. The Kier molecular flexibility index (Phi) is 5.55. The lowest BCUT2D eigenvalue weighted by molar-refractivity contribution is -0.112. The van der Waals surface area contributed by atoms with Gasteiger partial charge < -0.3 is 5.32 Å². The molecular weight excluding hydrogens is 296 g/mol. The monoisotopic (exact) mass is 318 g/mol. The van der Waals surface area contributed by atoms with Crippen molar-refractivity contribution in [3.05, 3.63) is 69.8 Å². The second-order valence-electron chi connectivity index (χ2n) is 5.99. The van der Waals surface area contributed by atoms with E-state index < -0.39 is 0 Å². The van der Waals surface area contributed by atoms with E-state index in [1.165, 1.54) is 5.56 Å². The van der Waals surface area contributed by atoms with Crippen molar-refractivity contribution in [3.8, 4) is 6.07 Å². The van der Waals surface area contributed by atoms with Gasteiger partial charge in [-0.2, -0.15) is 5.26 Å². The molecule has 0 radical (unpaired) electrons. The van der Waals surface area contributed by atoms with Gasteiger partial charge >= 0.3 is 0 Å². The minimum Gasteiger partial charge on any atom is -0.321 e. The van der Waals surface area contributed by atoms with E-state index in [0.717, 1.165) is 34.4 Å². The van der Waals surface area contributed by atoms with Crippen LogP contribution < -0.4 is 5.32 Å². The molecule has 24 heavy (non-hydrogen) atoms. The standard InChI is InChI=1S/C21H22N2O/c1-5-17-6-8-18(9-7-17)12-19(13-22)21(24)23-20-15(3)10-14(2)11-16(20)4/h6-12H,5H2,1-4H3,(H,23,24)/b19-12+. The summed E-state index contributed by atoms with van der Waals surface area (Å²) in [5.41, 5.74) is 6.06. The summed E-state index contributed by atoms with van der Waals surface area (Å²) in [5, 5.41) is 12.2. The number of carbonyl (C=O) groups excluding carboxylic acids is 1. The number of rotatable bonds is 4. The third-order valence-corrected chi connectivity index (χ3v) is 3.98. The number of hydrogen-bond acceptors (Lipinski definition) is 2. The minimum atomic E-state index is -0.382. The average Bonchev–Trinajstić information content (AvgIpc) is 2.56. The van der Waals surface area contributed by atoms with E-state index in [1.54, 1.807) is 6.08 Å². The van der Waals surface area contributed by atoms with Gasteiger partial charge in [0.1, 0.15) is 11.6 Å². The molecule has 1 amide bonds. The van der Waals surface area contributed by atoms with E-state index in [0.29, 0.717) is 0 Å². The minimum absolute atomic E-state index is 0.0959. The average molecular weight is 318 g/mol. The number of nitriles is 1. The zero-order valence-electron chi connectivity index (χ0n) is 14.6. The fourth-order valence-corrected chi connectivity index (χ4v) is 2.72. The molecule has 0 saturated heterocycles. The summed E-state index contributed by atoms with van der Waals surface area (Å²) in [4.78, 5) is 12.5. The molecule has 3 heteroatoms. The Morgan fingerprint density at radius 1 is 1.12 bits per heavy atom. The number of aryl methyl sites for hydroxylation is 4. The largest absolute Gasteiger partial charge is 0.321 e. The molecule has 0 bridgehead atoms. The Morgan fingerprint density at radius 3 is 2.21 bits per heavy atom. The van der Waals surface area contributed by atoms with Crippen molar-refractivity contribution in [1.29, 1.82) is 5.26 Å². The molecule has 0 atom stereocenters. The molecule has 2 aromatic carbocycles. The van der Waals surface area contributed by atoms with E-state index in [4.69, 9.17) is 0 Å². The summed E-state index contributed by atoms with van der Waals surface area (Å²) >= 11 is 0. The van der Waals surface area contributed by atoms with Gasteiger partial charge in [0, 0.05) is 5.69 Å². The highest BCUT2D eigenvalue weighted by molar-refractivity contribution is 6.10. The Hall–Kier alpha value is -2.86. The molecule has 122 valence electrons. The summed E-state index contributed by atoms with van der Waals surface area (Å²) < 4.78 is 0. The topological polar surface area (TPSA) is 52.9 Å². The number of benzene rings is 2. The molecule has 3 nitrogen and oxygen atoms in total. The van der Waals surface area contributed by atoms with Crippen LogP contribution in [0.15, 0.2) is 42.0 Å². The molecule has 0 aliphatic heterocycles. The second-order valence-corrected chi connectivity index (χ2v) is 5.99. The molecular formula is C21H22N2O. The summed E-state index contributed by atoms with van der Waals surface area (Å²) in [6.45, 7) is 8.01. The zero-order valence-corrected chi connectivity index (χ0v) is 14.6. The summed E-state index contributed by atoms with van der Waals surface area (Å²) in [6.07, 6.45) is 2.58. The van der Waals surface area contributed by atoms with E-state index in [1.807, 2.05) is 63.2 Å². The number of hydrogen-bond donors (Lipinski definition) is 1. The third-order valence-electron chi connectivity index (χ3n) is 3.98. The quantitative estimate of drug-likeness (QED) is 0.655. The van der Waals surface area contributed by atoms with Crippen molar-refractivity contribution in [3.63, 3.8) is 0 Å². The summed E-state index contributed by atoms with van der Waals surface area (Å²) in [6, 6.07) is 13.9. The van der Waals surface area contributed by atoms with Crippen molar-refractivity contribution in [2.24, 2.45) is 0 Å². The van der Waals surface area contributed by atoms with Gasteiger partial charge in [0.25, 0.3) is 5.91 Å². The molecule has 0 aliphatic carbocycles. The normalized spacial score (nSPS) is 11.0. The first-order valence-electron chi connectivity index (χ1n) is 8.04. The van der Waals surface area contributed by atoms with E-state index in [9.17, 15) is 10.1 Å². The van der Waals surface area contributed by atoms with Gasteiger partial charge in [-0.05, 0) is 55.5 Å². The van der Waals surface area contributed by atoms with Crippen LogP contribution >= 0.6 is 0 Å². The van der Waals surface area contributed by atoms with E-state index in [2.05, 4.69) is 12.2 Å². The van der Waals surface area contributed by atoms with E-state index in [-0.39, 0.29) is 11.5 Å². The number of amides is 1. The molecule has 1 N–H and O–H groups in total. The lowest BCUT2D eigenvalue weighted by Gasteiger charge is -2.12. The van der Waals surface area contributed by atoms with Gasteiger partial charge in [0.2, 0.25) is 0 Å². The molecule has 0 heterocycles. The highest BCUT2D eigenvalue weighted by Gasteiger charge is 2.12. The van der Waals surface area contributed by atoms with Crippen molar-refractivity contribution < 1.29 is 4.79 Å². The number of anilines is 1. The van der Waals surface area contributed by atoms with E-state index >= 15 is 0 Å². The Morgan fingerprint density at radius 2 is 1.71 bits per heavy atom. The fourth-order valence-electron chi connectivity index (χ4n) is 2.72. The highest BCUT2D eigenvalue weighted by Crippen LogP contribution is 2.22. The smallest absolute Gasteiger partial charge is 0.266 e. The summed E-state index contributed by atoms with van der Waals surface area (Å²) in [7, 11) is 0. The molecule has 2 rings (SSSR count). The van der Waals surface area contributed by atoms with Gasteiger partial charge in [0.05, 0.1) is 0 Å². The van der Waals surface area contributed by atoms with Crippen molar-refractivity contribution in [2.75, 3.05) is 5.32 Å². The Balaban J connectivity index is 2.26. The van der Waals surface area contributed by atoms with Gasteiger partial charge in [0.15, 0.2) is 0 Å². The predicted molar refractivity (Wildman–Crippen MR) is 98.7 cm³/mol. The van der Waals surface area contributed by atoms with Crippen molar-refractivity contribution in [2.45, 2.75) is 34.1 Å². The van der Waals surface area contributed by atoms with Crippen LogP contribution in [0.5, 0.6) is 0 Å². The Labute approximate surface area is 143 Å². The van der Waals surface area contributed by atoms with Gasteiger partial charge in [-0.25, -0.2) is 0 Å². The van der Waals surface area contributed by atoms with Crippen molar-refractivity contribution in [1.82, 2.24) is 0 Å². The maximum Gasteiger partial charge on any atom is 0.266 e. The first-order valence-corrected chi connectivity index (χ1v) is 8.04. The molecule has 0 unspecified atom stereocenters. The fraction of sp³-hybridized carbons (Fsp3) is 0.238. The molecule has 0 fully saturated rings. The zero-order chi connectivity index (χ0) is 17.7. The third kappa shape index (κ3) is 4.11. The SMILES string of the molecule is CCc1ccc(/C=C(\C#N)C(=O)Nc2c(C)cc(C)cc2C)cc1. The molecule has 0 saturated carbocycles. The first-order chi connectivity index (χ1) is 11.4. The van der Waals surface area contributed by atoms with Crippen LogP contribution in [0, 0.1) is 32.1 Å². The van der Waals surface area contributed by atoms with Crippen LogP contribution in [0.25, 0.3) is 6.08 Å². The maximum atomic E-state index is 12.5. The lowest BCUT2D eigenvalue weighted by atomic mass is 10.0. The van der Waals surface area contributed by atoms with Crippen LogP contribution in [0.3, 0.4) is 0 Å². The van der Waals surface area contributed by atoms with Crippen LogP contribution in [-0.4, -0.2) is 5.91 Å². The second kappa shape index (κ2) is 7.61. The van der Waals surface area contributed by atoms with Crippen LogP contribution in [0.1, 0.15) is 34.7 Å². The van der Waals surface area contributed by atoms with Gasteiger partial charge in [-0.1, -0.05) is 48.9 Å². The maximum absolute atomic E-state index is 12.5. The van der Waals surface area contributed by atoms with Crippen LogP contribution in [0.2, 0.25) is 0 Å². The van der Waals surface area contributed by atoms with Gasteiger partial charge in [-0.3, -0.25) is 4.79 Å². The Bertz CT molecular complexity index is 801. The lowest BCUT2D eigenvalue weighted by Crippen LogP contribution is -2.15. The number of nitrogens with one attached hydrogen (secondary N) is 1. The molecule has 0 aromatic heterocycles. The molecule has 2 aromatic rings. The molecule has 0 spiro atoms. The van der Waals surface area contributed by atoms with Gasteiger partial charge in [-0.15, -0.1) is 0 Å². The summed E-state index contributed by atoms with van der Waals surface area (Å²) in [5.74, 6) is -0.382. The predicted octanol–water partition coefficient (Wildman–Crippen LogP) is 4.72. The van der Waals surface area contributed by atoms with Crippen molar-refractivity contribution >= 4 is 17.7 Å². The highest BCUT2D eigenvalue weighted by atomic mass is 16.1. The number of nitrogens with zero attached hydrogens (tertiary/aromatic N) is 1. The van der Waals surface area contributed by atoms with Crippen LogP contribution in [0.4, 0.5) is 5.69 Å². The first kappa shape index (κ1) is 17.5. The van der Waals surface area contributed by atoms with Crippen LogP contribution in [-0.2, 0) is 11.2 Å². The molecule has 0 aliphatic rings.